The minimum absolute atomic E-state index is 0.0580. The molecule has 0 spiro atoms. The maximum absolute atomic E-state index is 11.6. The zero-order valence-electron chi connectivity index (χ0n) is 13.9. The standard InChI is InChI=1S/C14H22O8S4/c15-10(1-2-23)19-6-14(7-20-11(16)3-24,8-21-12(17)4-25)9-22-13(18)5-26/h23-26H,1-9H2. The molecule has 0 N–H and O–H groups in total. The molecule has 0 aromatic rings. The van der Waals surface area contributed by atoms with E-state index >= 15 is 0 Å². The molecular formula is C14H22O8S4. The SMILES string of the molecule is O=C(CS)OCC(COC(=O)CS)(COC(=O)CS)COC(=O)CCS. The molecule has 0 aliphatic rings. The molecule has 0 aliphatic heterocycles. The third-order valence-electron chi connectivity index (χ3n) is 2.86. The van der Waals surface area contributed by atoms with Gasteiger partial charge in [-0.15, -0.1) is 0 Å². The van der Waals surface area contributed by atoms with Crippen molar-refractivity contribution in [2.24, 2.45) is 5.41 Å². The number of rotatable bonds is 13. The molecule has 0 fully saturated rings. The molecule has 0 amide bonds. The third-order valence-corrected chi connectivity index (χ3v) is 3.86. The fraction of sp³-hybridized carbons (Fsp3) is 0.714. The summed E-state index contributed by atoms with van der Waals surface area (Å²) in [4.78, 5) is 45.9. The van der Waals surface area contributed by atoms with Crippen LogP contribution in [0.4, 0.5) is 0 Å². The van der Waals surface area contributed by atoms with E-state index in [9.17, 15) is 19.2 Å². The average molecular weight is 447 g/mol. The summed E-state index contributed by atoms with van der Waals surface area (Å²) in [6.07, 6.45) is 0.0580. The first-order valence-electron chi connectivity index (χ1n) is 7.38. The van der Waals surface area contributed by atoms with E-state index in [1.165, 1.54) is 0 Å². The minimum atomic E-state index is -1.28. The lowest BCUT2D eigenvalue weighted by Gasteiger charge is -2.31. The summed E-state index contributed by atoms with van der Waals surface area (Å²) >= 11 is 15.3. The molecule has 0 radical (unpaired) electrons. The molecule has 0 saturated carbocycles. The number of thiol groups is 4. The van der Waals surface area contributed by atoms with Crippen LogP contribution < -0.4 is 0 Å². The first-order valence-corrected chi connectivity index (χ1v) is 9.91. The zero-order valence-corrected chi connectivity index (χ0v) is 17.5. The van der Waals surface area contributed by atoms with Crippen LogP contribution >= 0.6 is 50.5 Å². The van der Waals surface area contributed by atoms with Crippen LogP contribution in [0.2, 0.25) is 0 Å². The number of hydrogen-bond donors (Lipinski definition) is 4. The highest BCUT2D eigenvalue weighted by Gasteiger charge is 2.37. The molecule has 0 atom stereocenters. The second kappa shape index (κ2) is 14.4. The fourth-order valence-corrected chi connectivity index (χ4v) is 1.94. The van der Waals surface area contributed by atoms with E-state index in [1.807, 2.05) is 0 Å². The van der Waals surface area contributed by atoms with E-state index < -0.39 is 29.3 Å². The van der Waals surface area contributed by atoms with Crippen LogP contribution in [0.25, 0.3) is 0 Å². The Hall–Kier alpha value is -0.720. The summed E-state index contributed by atoms with van der Waals surface area (Å²) < 4.78 is 20.2. The van der Waals surface area contributed by atoms with Crippen molar-refractivity contribution >= 4 is 74.4 Å². The van der Waals surface area contributed by atoms with Gasteiger partial charge in [-0.2, -0.15) is 50.5 Å². The molecule has 0 aromatic carbocycles. The Morgan fingerprint density at radius 2 is 0.885 bits per heavy atom. The third kappa shape index (κ3) is 11.1. The first-order chi connectivity index (χ1) is 12.3. The van der Waals surface area contributed by atoms with Crippen molar-refractivity contribution < 1.29 is 38.1 Å². The van der Waals surface area contributed by atoms with Gasteiger partial charge in [0.15, 0.2) is 0 Å². The molecule has 0 saturated heterocycles. The molecular weight excluding hydrogens is 424 g/mol. The van der Waals surface area contributed by atoms with E-state index in [1.54, 1.807) is 0 Å². The Balaban J connectivity index is 5.26. The van der Waals surface area contributed by atoms with Crippen molar-refractivity contribution in [3.05, 3.63) is 0 Å². The first kappa shape index (κ1) is 25.3. The molecule has 8 nitrogen and oxygen atoms in total. The summed E-state index contributed by atoms with van der Waals surface area (Å²) in [5.41, 5.74) is -1.28. The predicted molar refractivity (Wildman–Crippen MR) is 106 cm³/mol. The molecule has 0 heterocycles. The highest BCUT2D eigenvalue weighted by atomic mass is 32.1. The maximum Gasteiger partial charge on any atom is 0.315 e. The van der Waals surface area contributed by atoms with Crippen LogP contribution in [0.5, 0.6) is 0 Å². The molecule has 150 valence electrons. The minimum Gasteiger partial charge on any atom is -0.465 e. The van der Waals surface area contributed by atoms with Crippen LogP contribution in [-0.4, -0.2) is 73.3 Å². The van der Waals surface area contributed by atoms with Crippen LogP contribution in [0.15, 0.2) is 0 Å². The molecule has 0 unspecified atom stereocenters. The summed E-state index contributed by atoms with van der Waals surface area (Å²) in [6.45, 7) is -1.26. The second-order valence-electron chi connectivity index (χ2n) is 5.09. The Kier molecular flexibility index (Phi) is 14.0. The van der Waals surface area contributed by atoms with E-state index in [4.69, 9.17) is 18.9 Å². The molecule has 12 heteroatoms. The van der Waals surface area contributed by atoms with E-state index in [2.05, 4.69) is 50.5 Å². The molecule has 26 heavy (non-hydrogen) atoms. The lowest BCUT2D eigenvalue weighted by Crippen LogP contribution is -2.44. The van der Waals surface area contributed by atoms with Gasteiger partial charge in [-0.3, -0.25) is 19.2 Å². The molecule has 0 aromatic heterocycles. The van der Waals surface area contributed by atoms with Gasteiger partial charge in [0, 0.05) is 5.75 Å². The number of carbonyl (C=O) groups excluding carboxylic acids is 4. The van der Waals surface area contributed by atoms with Gasteiger partial charge in [-0.1, -0.05) is 0 Å². The zero-order chi connectivity index (χ0) is 20.0. The second-order valence-corrected chi connectivity index (χ2v) is 6.49. The van der Waals surface area contributed by atoms with Crippen molar-refractivity contribution in [2.75, 3.05) is 49.4 Å². The summed E-state index contributed by atoms with van der Waals surface area (Å²) in [7, 11) is 0. The highest BCUT2D eigenvalue weighted by molar-refractivity contribution is 7.81. The highest BCUT2D eigenvalue weighted by Crippen LogP contribution is 2.22. The summed E-state index contributed by atoms with van der Waals surface area (Å²) in [5.74, 6) is -2.72. The topological polar surface area (TPSA) is 105 Å². The maximum atomic E-state index is 11.6. The smallest absolute Gasteiger partial charge is 0.315 e. The molecule has 0 rings (SSSR count). The number of hydrogen-bond acceptors (Lipinski definition) is 12. The molecule has 0 aliphatic carbocycles. The van der Waals surface area contributed by atoms with Crippen LogP contribution in [0.3, 0.4) is 0 Å². The lowest BCUT2D eigenvalue weighted by molar-refractivity contribution is -0.167. The van der Waals surface area contributed by atoms with Gasteiger partial charge < -0.3 is 18.9 Å². The van der Waals surface area contributed by atoms with Gasteiger partial charge in [0.1, 0.15) is 31.8 Å². The normalized spacial score (nSPS) is 10.8. The predicted octanol–water partition coefficient (Wildman–Crippen LogP) is 0.255. The van der Waals surface area contributed by atoms with Gasteiger partial charge >= 0.3 is 23.9 Å². The Morgan fingerprint density at radius 1 is 0.577 bits per heavy atom. The monoisotopic (exact) mass is 446 g/mol. The van der Waals surface area contributed by atoms with Crippen molar-refractivity contribution in [1.29, 1.82) is 0 Å². The summed E-state index contributed by atoms with van der Waals surface area (Å²) in [5, 5.41) is 0. The quantitative estimate of drug-likeness (QED) is 0.181. The van der Waals surface area contributed by atoms with Gasteiger partial charge in [0.25, 0.3) is 0 Å². The van der Waals surface area contributed by atoms with E-state index in [0.29, 0.717) is 0 Å². The van der Waals surface area contributed by atoms with Crippen molar-refractivity contribution in [2.45, 2.75) is 6.42 Å². The number of esters is 4. The molecule has 0 bridgehead atoms. The van der Waals surface area contributed by atoms with Crippen LogP contribution in [0, 0.1) is 5.41 Å². The Bertz CT molecular complexity index is 435. The van der Waals surface area contributed by atoms with Crippen molar-refractivity contribution in [3.8, 4) is 0 Å². The van der Waals surface area contributed by atoms with Crippen molar-refractivity contribution in [3.63, 3.8) is 0 Å². The Labute approximate surface area is 173 Å². The number of carbonyl (C=O) groups is 4. The Morgan fingerprint density at radius 3 is 1.15 bits per heavy atom. The summed E-state index contributed by atoms with van der Waals surface area (Å²) in [6, 6.07) is 0. The van der Waals surface area contributed by atoms with Gasteiger partial charge in [0.2, 0.25) is 0 Å². The van der Waals surface area contributed by atoms with Crippen LogP contribution in [-0.2, 0) is 38.1 Å². The van der Waals surface area contributed by atoms with Crippen molar-refractivity contribution in [1.82, 2.24) is 0 Å². The number of ether oxygens (including phenoxy) is 4. The van der Waals surface area contributed by atoms with Gasteiger partial charge in [0.05, 0.1) is 23.7 Å². The lowest BCUT2D eigenvalue weighted by atomic mass is 9.92. The van der Waals surface area contributed by atoms with Crippen LogP contribution in [0.1, 0.15) is 6.42 Å². The van der Waals surface area contributed by atoms with E-state index in [0.717, 1.165) is 0 Å². The van der Waals surface area contributed by atoms with Gasteiger partial charge in [-0.05, 0) is 0 Å². The fourth-order valence-electron chi connectivity index (χ4n) is 1.48. The largest absolute Gasteiger partial charge is 0.465 e. The van der Waals surface area contributed by atoms with E-state index in [-0.39, 0.29) is 55.9 Å². The average Bonchev–Trinajstić information content (AvgIpc) is 2.65. The van der Waals surface area contributed by atoms with Gasteiger partial charge in [-0.25, -0.2) is 0 Å².